The second kappa shape index (κ2) is 11.0. The normalized spacial score (nSPS) is 11.0. The topological polar surface area (TPSA) is 56.1 Å². The van der Waals surface area contributed by atoms with Gasteiger partial charge in [0.2, 0.25) is 0 Å². The molecule has 0 aliphatic carbocycles. The third-order valence-electron chi connectivity index (χ3n) is 5.58. The van der Waals surface area contributed by atoms with Crippen LogP contribution in [0.3, 0.4) is 0 Å². The average Bonchev–Trinajstić information content (AvgIpc) is 3.19. The number of ether oxygens (including phenoxy) is 1. The van der Waals surface area contributed by atoms with Gasteiger partial charge in [-0.3, -0.25) is 4.79 Å². The van der Waals surface area contributed by atoms with Gasteiger partial charge in [0.05, 0.1) is 17.6 Å². The Morgan fingerprint density at radius 2 is 1.88 bits per heavy atom. The number of nitrogens with one attached hydrogen (secondary N) is 1. The standard InChI is InChI=1S/C27H28ClN3O2/c1-2-20-11-13-23(14-12-20)33-18-6-17-31-25-10-4-3-9-24(25)30-26(31)15-16-29-27(32)21-7-5-8-22(28)19-21/h3-5,7-14,19H,2,6,15-18H2,1H3,(H,29,32). The van der Waals surface area contributed by atoms with Gasteiger partial charge < -0.3 is 14.6 Å². The van der Waals surface area contributed by atoms with Crippen LogP contribution in [-0.2, 0) is 19.4 Å². The molecule has 0 saturated heterocycles. The smallest absolute Gasteiger partial charge is 0.251 e. The zero-order valence-electron chi connectivity index (χ0n) is 18.8. The Bertz CT molecular complexity index is 1220. The molecule has 1 amide bonds. The molecule has 3 aromatic carbocycles. The molecule has 0 radical (unpaired) electrons. The molecule has 1 heterocycles. The first kappa shape index (κ1) is 22.9. The molecule has 0 spiro atoms. The average molecular weight is 462 g/mol. The van der Waals surface area contributed by atoms with Crippen molar-refractivity contribution in [2.75, 3.05) is 13.2 Å². The number of halogens is 1. The maximum atomic E-state index is 12.4. The van der Waals surface area contributed by atoms with Gasteiger partial charge >= 0.3 is 0 Å². The lowest BCUT2D eigenvalue weighted by molar-refractivity contribution is 0.0954. The Morgan fingerprint density at radius 3 is 2.67 bits per heavy atom. The second-order valence-electron chi connectivity index (χ2n) is 7.88. The highest BCUT2D eigenvalue weighted by Gasteiger charge is 2.12. The van der Waals surface area contributed by atoms with Crippen LogP contribution in [0.15, 0.2) is 72.8 Å². The van der Waals surface area contributed by atoms with Crippen LogP contribution in [0.25, 0.3) is 11.0 Å². The van der Waals surface area contributed by atoms with Crippen LogP contribution < -0.4 is 10.1 Å². The van der Waals surface area contributed by atoms with Gasteiger partial charge in [-0.15, -0.1) is 0 Å². The SMILES string of the molecule is CCc1ccc(OCCCn2c(CCNC(=O)c3cccc(Cl)c3)nc3ccccc32)cc1. The van der Waals surface area contributed by atoms with E-state index in [1.54, 1.807) is 24.3 Å². The summed E-state index contributed by atoms with van der Waals surface area (Å²) in [5.74, 6) is 1.71. The molecule has 0 bridgehead atoms. The summed E-state index contributed by atoms with van der Waals surface area (Å²) in [4.78, 5) is 17.2. The van der Waals surface area contributed by atoms with Crippen molar-refractivity contribution < 1.29 is 9.53 Å². The van der Waals surface area contributed by atoms with Crippen molar-refractivity contribution in [3.63, 3.8) is 0 Å². The Labute approximate surface area is 199 Å². The third-order valence-corrected chi connectivity index (χ3v) is 5.82. The van der Waals surface area contributed by atoms with Crippen molar-refractivity contribution in [1.82, 2.24) is 14.9 Å². The summed E-state index contributed by atoms with van der Waals surface area (Å²) in [5.41, 5.74) is 3.92. The third kappa shape index (κ3) is 5.93. The summed E-state index contributed by atoms with van der Waals surface area (Å²) in [5, 5.41) is 3.52. The minimum atomic E-state index is -0.136. The fourth-order valence-corrected chi connectivity index (χ4v) is 4.01. The number of hydrogen-bond acceptors (Lipinski definition) is 3. The molecular formula is C27H28ClN3O2. The lowest BCUT2D eigenvalue weighted by atomic mass is 10.2. The van der Waals surface area contributed by atoms with E-state index in [1.165, 1.54) is 5.56 Å². The molecule has 1 N–H and O–H groups in total. The van der Waals surface area contributed by atoms with E-state index < -0.39 is 0 Å². The van der Waals surface area contributed by atoms with E-state index in [0.717, 1.165) is 42.0 Å². The van der Waals surface area contributed by atoms with Gasteiger partial charge in [0, 0.05) is 30.1 Å². The van der Waals surface area contributed by atoms with Crippen molar-refractivity contribution in [3.05, 3.63) is 94.8 Å². The summed E-state index contributed by atoms with van der Waals surface area (Å²) >= 11 is 5.99. The Kier molecular flexibility index (Phi) is 7.63. The van der Waals surface area contributed by atoms with Crippen molar-refractivity contribution in [2.24, 2.45) is 0 Å². The molecule has 0 atom stereocenters. The van der Waals surface area contributed by atoms with E-state index in [1.807, 2.05) is 30.3 Å². The van der Waals surface area contributed by atoms with E-state index in [0.29, 0.717) is 30.2 Å². The summed E-state index contributed by atoms with van der Waals surface area (Å²) in [7, 11) is 0. The monoisotopic (exact) mass is 461 g/mol. The number of hydrogen-bond donors (Lipinski definition) is 1. The molecule has 0 saturated carbocycles. The summed E-state index contributed by atoms with van der Waals surface area (Å²) in [6.45, 7) is 4.06. The van der Waals surface area contributed by atoms with Crippen LogP contribution in [0.1, 0.15) is 35.1 Å². The molecule has 0 fully saturated rings. The predicted octanol–water partition coefficient (Wildman–Crippen LogP) is 5.69. The molecule has 4 rings (SSSR count). The second-order valence-corrected chi connectivity index (χ2v) is 8.32. The number of imidazole rings is 1. The Balaban J connectivity index is 1.36. The summed E-state index contributed by atoms with van der Waals surface area (Å²) < 4.78 is 8.15. The minimum Gasteiger partial charge on any atom is -0.494 e. The van der Waals surface area contributed by atoms with Crippen LogP contribution in [0.2, 0.25) is 5.02 Å². The molecule has 33 heavy (non-hydrogen) atoms. The maximum Gasteiger partial charge on any atom is 0.251 e. The van der Waals surface area contributed by atoms with Gasteiger partial charge in [0.15, 0.2) is 0 Å². The number of para-hydroxylation sites is 2. The van der Waals surface area contributed by atoms with Crippen LogP contribution in [0.5, 0.6) is 5.75 Å². The van der Waals surface area contributed by atoms with E-state index in [9.17, 15) is 4.79 Å². The zero-order valence-corrected chi connectivity index (χ0v) is 19.5. The first-order valence-corrected chi connectivity index (χ1v) is 11.7. The number of rotatable bonds is 10. The molecular weight excluding hydrogens is 434 g/mol. The number of carbonyl (C=O) groups excluding carboxylic acids is 1. The zero-order chi connectivity index (χ0) is 23.0. The van der Waals surface area contributed by atoms with E-state index >= 15 is 0 Å². The highest BCUT2D eigenvalue weighted by atomic mass is 35.5. The van der Waals surface area contributed by atoms with E-state index in [2.05, 4.69) is 35.0 Å². The number of nitrogens with zero attached hydrogens (tertiary/aromatic N) is 2. The molecule has 0 unspecified atom stereocenters. The first-order valence-electron chi connectivity index (χ1n) is 11.3. The highest BCUT2D eigenvalue weighted by molar-refractivity contribution is 6.30. The van der Waals surface area contributed by atoms with Crippen LogP contribution in [-0.4, -0.2) is 28.6 Å². The summed E-state index contributed by atoms with van der Waals surface area (Å²) in [6, 6.07) is 23.3. The number of benzene rings is 3. The van der Waals surface area contributed by atoms with Crippen molar-refractivity contribution in [1.29, 1.82) is 0 Å². The quantitative estimate of drug-likeness (QED) is 0.308. The Morgan fingerprint density at radius 1 is 1.06 bits per heavy atom. The molecule has 1 aromatic heterocycles. The lowest BCUT2D eigenvalue weighted by Crippen LogP contribution is -2.26. The van der Waals surface area contributed by atoms with Crippen molar-refractivity contribution in [2.45, 2.75) is 32.7 Å². The number of carbonyl (C=O) groups is 1. The van der Waals surface area contributed by atoms with Gasteiger partial charge in [0.1, 0.15) is 11.6 Å². The fraction of sp³-hybridized carbons (Fsp3) is 0.259. The van der Waals surface area contributed by atoms with Crippen LogP contribution in [0, 0.1) is 0 Å². The van der Waals surface area contributed by atoms with E-state index in [-0.39, 0.29) is 5.91 Å². The minimum absolute atomic E-state index is 0.136. The van der Waals surface area contributed by atoms with Crippen LogP contribution in [0.4, 0.5) is 0 Å². The molecule has 5 nitrogen and oxygen atoms in total. The lowest BCUT2D eigenvalue weighted by Gasteiger charge is -2.11. The molecule has 4 aromatic rings. The molecule has 0 aliphatic heterocycles. The van der Waals surface area contributed by atoms with Gasteiger partial charge in [-0.25, -0.2) is 4.98 Å². The largest absolute Gasteiger partial charge is 0.494 e. The maximum absolute atomic E-state index is 12.4. The van der Waals surface area contributed by atoms with Gasteiger partial charge in [-0.05, 0) is 60.9 Å². The number of aryl methyl sites for hydroxylation is 2. The summed E-state index contributed by atoms with van der Waals surface area (Å²) in [6.07, 6.45) is 2.52. The Hall–Kier alpha value is -3.31. The number of aromatic nitrogens is 2. The predicted molar refractivity (Wildman–Crippen MR) is 133 cm³/mol. The molecule has 170 valence electrons. The van der Waals surface area contributed by atoms with Gasteiger partial charge in [-0.2, -0.15) is 0 Å². The van der Waals surface area contributed by atoms with Gasteiger partial charge in [0.25, 0.3) is 5.91 Å². The van der Waals surface area contributed by atoms with Crippen molar-refractivity contribution in [3.8, 4) is 5.75 Å². The van der Waals surface area contributed by atoms with E-state index in [4.69, 9.17) is 21.3 Å². The van der Waals surface area contributed by atoms with Crippen LogP contribution >= 0.6 is 11.6 Å². The first-order chi connectivity index (χ1) is 16.1. The van der Waals surface area contributed by atoms with Crippen molar-refractivity contribution >= 4 is 28.5 Å². The fourth-order valence-electron chi connectivity index (χ4n) is 3.82. The molecule has 6 heteroatoms. The number of amides is 1. The van der Waals surface area contributed by atoms with Gasteiger partial charge in [-0.1, -0.05) is 48.9 Å². The molecule has 0 aliphatic rings. The number of fused-ring (bicyclic) bond motifs is 1. The highest BCUT2D eigenvalue weighted by Crippen LogP contribution is 2.18.